The van der Waals surface area contributed by atoms with E-state index in [1.165, 1.54) is 12.1 Å². The van der Waals surface area contributed by atoms with Gasteiger partial charge in [-0.05, 0) is 44.0 Å². The Hall–Kier alpha value is -5.16. The van der Waals surface area contributed by atoms with Gasteiger partial charge < -0.3 is 40.0 Å². The number of para-hydroxylation sites is 1. The number of unbranched alkanes of at least 4 members (excludes halogenated alkanes) is 1. The van der Waals surface area contributed by atoms with Crippen molar-refractivity contribution in [2.45, 2.75) is 38.0 Å². The van der Waals surface area contributed by atoms with Crippen molar-refractivity contribution in [2.24, 2.45) is 0 Å². The number of ether oxygens (including phenoxy) is 4. The van der Waals surface area contributed by atoms with Crippen LogP contribution in [0.5, 0.6) is 5.75 Å². The smallest absolute Gasteiger partial charge is 0.431 e. The topological polar surface area (TPSA) is 188 Å². The Kier molecular flexibility index (Phi) is 14.4. The molecule has 0 saturated carbocycles. The van der Waals surface area contributed by atoms with E-state index in [0.717, 1.165) is 26.2 Å². The minimum Gasteiger partial charge on any atom is -0.491 e. The van der Waals surface area contributed by atoms with Crippen molar-refractivity contribution in [3.05, 3.63) is 92.8 Å². The lowest BCUT2D eigenvalue weighted by atomic mass is 9.80. The van der Waals surface area contributed by atoms with Gasteiger partial charge in [-0.3, -0.25) is 10.1 Å². The van der Waals surface area contributed by atoms with Crippen molar-refractivity contribution < 1.29 is 56.5 Å². The number of nitro groups is 1. The molecule has 49 heavy (non-hydrogen) atoms. The van der Waals surface area contributed by atoms with Gasteiger partial charge in [-0.1, -0.05) is 30.3 Å². The van der Waals surface area contributed by atoms with Crippen LogP contribution in [-0.4, -0.2) is 86.9 Å². The number of alkyl carbamates (subject to hydrolysis) is 1. The molecule has 1 amide bonds. The first-order valence-corrected chi connectivity index (χ1v) is 15.1. The molecule has 4 N–H and O–H groups in total. The van der Waals surface area contributed by atoms with Gasteiger partial charge in [0.25, 0.3) is 5.69 Å². The molecule has 0 fully saturated rings. The molecule has 2 unspecified atom stereocenters. The number of non-ortho nitro benzene ring substituents is 1. The monoisotopic (exact) mass is 694 g/mol. The molecule has 0 saturated heterocycles. The second-order valence-corrected chi connectivity index (χ2v) is 10.6. The second kappa shape index (κ2) is 18.4. The average Bonchev–Trinajstić information content (AvgIpc) is 3.07. The number of nitro benzene ring substituents is 1. The van der Waals surface area contributed by atoms with E-state index in [1.54, 1.807) is 12.1 Å². The maximum Gasteiger partial charge on any atom is 0.431 e. The number of methoxy groups -OCH3 is 1. The Labute approximate surface area is 279 Å². The van der Waals surface area contributed by atoms with Gasteiger partial charge in [0.2, 0.25) is 0 Å². The summed E-state index contributed by atoms with van der Waals surface area (Å²) in [5, 5.41) is 28.9. The quantitative estimate of drug-likeness (QED) is 0.0620. The molecular weight excluding hydrogens is 657 g/mol. The highest BCUT2D eigenvalue weighted by molar-refractivity contribution is 6.00. The van der Waals surface area contributed by atoms with E-state index in [9.17, 15) is 42.8 Å². The number of aliphatic hydroxyl groups excluding tert-OH is 1. The summed E-state index contributed by atoms with van der Waals surface area (Å²) >= 11 is 0. The Morgan fingerprint density at radius 2 is 1.73 bits per heavy atom. The first kappa shape index (κ1) is 38.3. The number of hydrogen-bond acceptors (Lipinski definition) is 12. The summed E-state index contributed by atoms with van der Waals surface area (Å²) in [7, 11) is 0.856. The molecule has 3 rings (SSSR count). The maximum atomic E-state index is 14.0. The highest BCUT2D eigenvalue weighted by Crippen LogP contribution is 2.43. The summed E-state index contributed by atoms with van der Waals surface area (Å²) in [5.41, 5.74) is -3.84. The molecule has 1 aliphatic heterocycles. The molecule has 0 aromatic heterocycles. The van der Waals surface area contributed by atoms with Crippen LogP contribution in [0.1, 0.15) is 31.2 Å². The van der Waals surface area contributed by atoms with Crippen molar-refractivity contribution in [3.8, 4) is 5.75 Å². The van der Waals surface area contributed by atoms with Crippen LogP contribution in [0.3, 0.4) is 0 Å². The van der Waals surface area contributed by atoms with Crippen LogP contribution in [0.4, 0.5) is 23.7 Å². The fourth-order valence-electron chi connectivity index (χ4n) is 4.78. The summed E-state index contributed by atoms with van der Waals surface area (Å²) in [6.07, 6.45) is -5.43. The van der Waals surface area contributed by atoms with E-state index in [-0.39, 0.29) is 31.0 Å². The van der Waals surface area contributed by atoms with Crippen LogP contribution in [0.15, 0.2) is 77.1 Å². The van der Waals surface area contributed by atoms with Crippen molar-refractivity contribution in [1.29, 1.82) is 0 Å². The molecule has 2 atom stereocenters. The van der Waals surface area contributed by atoms with Crippen molar-refractivity contribution in [3.63, 3.8) is 0 Å². The molecule has 0 aliphatic carbocycles. The van der Waals surface area contributed by atoms with E-state index in [1.807, 2.05) is 23.5 Å². The third kappa shape index (κ3) is 11.5. The number of benzene rings is 2. The zero-order valence-corrected chi connectivity index (χ0v) is 26.7. The summed E-state index contributed by atoms with van der Waals surface area (Å²) in [6.45, 7) is 1.61. The Morgan fingerprint density at radius 3 is 2.41 bits per heavy atom. The van der Waals surface area contributed by atoms with Gasteiger partial charge in [0, 0.05) is 24.4 Å². The number of hydrogen-bond donors (Lipinski definition) is 4. The number of dihydropyridines is 1. The molecule has 266 valence electrons. The molecule has 14 nitrogen and oxygen atoms in total. The highest BCUT2D eigenvalue weighted by Gasteiger charge is 2.47. The van der Waals surface area contributed by atoms with Gasteiger partial charge in [-0.2, -0.15) is 13.2 Å². The van der Waals surface area contributed by atoms with E-state index in [4.69, 9.17) is 14.2 Å². The number of carbonyl (C=O) groups is 3. The number of halogens is 3. The number of aliphatic hydroxyl groups is 1. The van der Waals surface area contributed by atoms with E-state index >= 15 is 0 Å². The van der Waals surface area contributed by atoms with Crippen LogP contribution in [0.2, 0.25) is 0 Å². The van der Waals surface area contributed by atoms with E-state index in [0.29, 0.717) is 31.7 Å². The average molecular weight is 695 g/mol. The fourth-order valence-corrected chi connectivity index (χ4v) is 4.78. The predicted octanol–water partition coefficient (Wildman–Crippen LogP) is 3.62. The predicted molar refractivity (Wildman–Crippen MR) is 167 cm³/mol. The first-order chi connectivity index (χ1) is 23.3. The number of amides is 1. The standard InChI is InChI=1S/C32H37F3N4O10/c1-20-25(26(21-9-8-10-22(17-21)39(44)45)27(29(41)46-2)28(38-20)32(33,34)35)30(42)47-16-14-37-31(43)48-15-7-6-13-36-18-23(40)19-49-24-11-4-3-5-12-24/h3-5,8-12,17,23,26,36,38,40H,6-7,13-16,18-19H2,1-2H3,(H,37,43). The van der Waals surface area contributed by atoms with Crippen molar-refractivity contribution in [2.75, 3.05) is 46.6 Å². The molecule has 0 spiro atoms. The van der Waals surface area contributed by atoms with Crippen LogP contribution < -0.4 is 20.7 Å². The van der Waals surface area contributed by atoms with Crippen LogP contribution in [0.25, 0.3) is 0 Å². The van der Waals surface area contributed by atoms with Crippen LogP contribution in [0, 0.1) is 10.1 Å². The van der Waals surface area contributed by atoms with Gasteiger partial charge in [0.05, 0.1) is 42.2 Å². The fraction of sp³-hybridized carbons (Fsp3) is 0.406. The first-order valence-electron chi connectivity index (χ1n) is 15.1. The van der Waals surface area contributed by atoms with Crippen LogP contribution in [-0.2, 0) is 23.8 Å². The van der Waals surface area contributed by atoms with Crippen molar-refractivity contribution >= 4 is 23.7 Å². The Morgan fingerprint density at radius 1 is 1.00 bits per heavy atom. The molecule has 0 radical (unpaired) electrons. The lowest BCUT2D eigenvalue weighted by molar-refractivity contribution is -0.384. The lowest BCUT2D eigenvalue weighted by Crippen LogP contribution is -2.38. The Bertz CT molecular complexity index is 1530. The number of esters is 2. The highest BCUT2D eigenvalue weighted by atomic mass is 19.4. The summed E-state index contributed by atoms with van der Waals surface area (Å²) in [5.74, 6) is -3.63. The third-order valence-electron chi connectivity index (χ3n) is 7.04. The summed E-state index contributed by atoms with van der Waals surface area (Å²) < 4.78 is 62.5. The van der Waals surface area contributed by atoms with E-state index in [2.05, 4.69) is 15.4 Å². The number of rotatable bonds is 17. The molecule has 1 heterocycles. The lowest BCUT2D eigenvalue weighted by Gasteiger charge is -2.31. The molecule has 2 aromatic rings. The van der Waals surface area contributed by atoms with Crippen molar-refractivity contribution in [1.82, 2.24) is 16.0 Å². The molecular formula is C32H37F3N4O10. The number of alkyl halides is 3. The maximum absolute atomic E-state index is 14.0. The number of carbonyl (C=O) groups excluding carboxylic acids is 3. The molecule has 0 bridgehead atoms. The van der Waals surface area contributed by atoms with Gasteiger partial charge in [-0.15, -0.1) is 0 Å². The van der Waals surface area contributed by atoms with Gasteiger partial charge in [-0.25, -0.2) is 14.4 Å². The molecule has 17 heteroatoms. The summed E-state index contributed by atoms with van der Waals surface area (Å²) in [4.78, 5) is 48.6. The molecule has 1 aliphatic rings. The minimum atomic E-state index is -5.08. The number of allylic oxidation sites excluding steroid dienone is 2. The van der Waals surface area contributed by atoms with Gasteiger partial charge >= 0.3 is 24.2 Å². The minimum absolute atomic E-state index is 0.0831. The zero-order valence-electron chi connectivity index (χ0n) is 26.7. The molecule has 2 aromatic carbocycles. The van der Waals surface area contributed by atoms with Gasteiger partial charge in [0.1, 0.15) is 30.8 Å². The summed E-state index contributed by atoms with van der Waals surface area (Å²) in [6, 6.07) is 13.6. The van der Waals surface area contributed by atoms with Crippen LogP contribution >= 0.6 is 0 Å². The normalized spacial score (nSPS) is 15.2. The SMILES string of the molecule is COC(=O)C1=C(C(F)(F)F)NC(C)=C(C(=O)OCCNC(=O)OCCCCNCC(O)COc2ccccc2)C1c1cccc([N+](=O)[O-])c1. The largest absolute Gasteiger partial charge is 0.491 e. The van der Waals surface area contributed by atoms with Gasteiger partial charge in [0.15, 0.2) is 0 Å². The Balaban J connectivity index is 1.48. The zero-order chi connectivity index (χ0) is 36.0. The number of nitrogens with one attached hydrogen (secondary N) is 3. The third-order valence-corrected chi connectivity index (χ3v) is 7.04. The van der Waals surface area contributed by atoms with E-state index < -0.39 is 70.3 Å². The second-order valence-electron chi connectivity index (χ2n) is 10.6. The number of nitrogens with zero attached hydrogens (tertiary/aromatic N) is 1.